The zero-order chi connectivity index (χ0) is 26.6. The summed E-state index contributed by atoms with van der Waals surface area (Å²) >= 11 is 1.70. The molecule has 192 valence electrons. The van der Waals surface area contributed by atoms with Gasteiger partial charge in [0.25, 0.3) is 11.1 Å². The molecule has 0 aliphatic rings. The Kier molecular flexibility index (Phi) is 7.06. The van der Waals surface area contributed by atoms with Crippen LogP contribution in [-0.2, 0) is 13.1 Å². The van der Waals surface area contributed by atoms with Gasteiger partial charge in [-0.1, -0.05) is 84.9 Å². The Hall–Kier alpha value is -4.49. The fraction of sp³-hybridized carbons (Fsp3) is 0.125. The summed E-state index contributed by atoms with van der Waals surface area (Å²) in [5.41, 5.74) is 3.13. The first-order valence-corrected chi connectivity index (χ1v) is 14.0. The van der Waals surface area contributed by atoms with E-state index in [-0.39, 0.29) is 11.1 Å². The summed E-state index contributed by atoms with van der Waals surface area (Å²) in [4.78, 5) is 36.6. The average molecular weight is 531 g/mol. The second kappa shape index (κ2) is 11.1. The SMILES string of the molecule is O=c1c2ccccc2nc(-c2ccccc2)n1CCSCCn1c(-c2ccccc2)nc2ccccc2c1=O. The van der Waals surface area contributed by atoms with Crippen molar-refractivity contribution < 1.29 is 0 Å². The van der Waals surface area contributed by atoms with Crippen molar-refractivity contribution in [2.24, 2.45) is 0 Å². The van der Waals surface area contributed by atoms with Crippen LogP contribution in [0.3, 0.4) is 0 Å². The van der Waals surface area contributed by atoms with Gasteiger partial charge in [-0.25, -0.2) is 9.97 Å². The number of aromatic nitrogens is 4. The van der Waals surface area contributed by atoms with Crippen LogP contribution < -0.4 is 11.1 Å². The maximum atomic E-state index is 13.4. The molecule has 6 nitrogen and oxygen atoms in total. The Morgan fingerprint density at radius 2 is 0.897 bits per heavy atom. The topological polar surface area (TPSA) is 69.8 Å². The number of hydrogen-bond donors (Lipinski definition) is 0. The van der Waals surface area contributed by atoms with E-state index in [4.69, 9.17) is 9.97 Å². The highest BCUT2D eigenvalue weighted by molar-refractivity contribution is 7.99. The molecule has 0 radical (unpaired) electrons. The quantitative estimate of drug-likeness (QED) is 0.230. The van der Waals surface area contributed by atoms with E-state index in [9.17, 15) is 9.59 Å². The van der Waals surface area contributed by atoms with Crippen LogP contribution in [0, 0.1) is 0 Å². The fourth-order valence-corrected chi connectivity index (χ4v) is 5.61. The Morgan fingerprint density at radius 1 is 0.513 bits per heavy atom. The van der Waals surface area contributed by atoms with Crippen LogP contribution >= 0.6 is 11.8 Å². The highest BCUT2D eigenvalue weighted by Gasteiger charge is 2.14. The Balaban J connectivity index is 1.25. The largest absolute Gasteiger partial charge is 0.291 e. The van der Waals surface area contributed by atoms with Crippen LogP contribution in [0.15, 0.2) is 119 Å². The van der Waals surface area contributed by atoms with Crippen LogP contribution in [0.5, 0.6) is 0 Å². The van der Waals surface area contributed by atoms with Gasteiger partial charge < -0.3 is 0 Å². The predicted octanol–water partition coefficient (Wildman–Crippen LogP) is 5.87. The lowest BCUT2D eigenvalue weighted by molar-refractivity contribution is 0.724. The van der Waals surface area contributed by atoms with Gasteiger partial charge in [0.15, 0.2) is 0 Å². The Bertz CT molecular complexity index is 1740. The third-order valence-electron chi connectivity index (χ3n) is 6.71. The first kappa shape index (κ1) is 24.8. The third-order valence-corrected chi connectivity index (χ3v) is 7.65. The third kappa shape index (κ3) is 5.01. The number of thioether (sulfide) groups is 1. The molecule has 0 atom stereocenters. The van der Waals surface area contributed by atoms with E-state index in [0.717, 1.165) is 11.1 Å². The Morgan fingerprint density at radius 3 is 1.33 bits per heavy atom. The van der Waals surface area contributed by atoms with Gasteiger partial charge in [0.2, 0.25) is 0 Å². The lowest BCUT2D eigenvalue weighted by Gasteiger charge is -2.15. The highest BCUT2D eigenvalue weighted by Crippen LogP contribution is 2.21. The molecule has 0 N–H and O–H groups in total. The average Bonchev–Trinajstić information content (AvgIpc) is 2.99. The van der Waals surface area contributed by atoms with E-state index in [2.05, 4.69) is 0 Å². The van der Waals surface area contributed by atoms with Crippen LogP contribution in [0.1, 0.15) is 0 Å². The van der Waals surface area contributed by atoms with Crippen LogP contribution in [0.25, 0.3) is 44.6 Å². The summed E-state index contributed by atoms with van der Waals surface area (Å²) in [5.74, 6) is 2.74. The number of benzene rings is 4. The molecule has 2 aromatic heterocycles. The summed E-state index contributed by atoms with van der Waals surface area (Å²) in [6.45, 7) is 1.03. The van der Waals surface area contributed by atoms with Crippen LogP contribution in [-0.4, -0.2) is 30.6 Å². The molecule has 0 saturated heterocycles. The molecule has 0 saturated carbocycles. The molecule has 0 aliphatic carbocycles. The first-order valence-electron chi connectivity index (χ1n) is 12.9. The molecule has 7 heteroatoms. The van der Waals surface area contributed by atoms with E-state index >= 15 is 0 Å². The smallest absolute Gasteiger partial charge is 0.261 e. The van der Waals surface area contributed by atoms with Gasteiger partial charge in [0.1, 0.15) is 11.6 Å². The standard InChI is InChI=1S/C32H26N4O2S/c37-31-25-15-7-9-17-27(25)33-29(23-11-3-1-4-12-23)35(31)19-21-39-22-20-36-30(24-13-5-2-6-14-24)34-28-18-10-8-16-26(28)32(36)38/h1-18H,19-22H2. The van der Waals surface area contributed by atoms with Gasteiger partial charge in [0, 0.05) is 35.7 Å². The lowest BCUT2D eigenvalue weighted by Crippen LogP contribution is -2.26. The molecule has 0 aliphatic heterocycles. The van der Waals surface area contributed by atoms with E-state index in [1.165, 1.54) is 0 Å². The van der Waals surface area contributed by atoms with Gasteiger partial charge in [-0.3, -0.25) is 18.7 Å². The van der Waals surface area contributed by atoms with Gasteiger partial charge in [-0.15, -0.1) is 0 Å². The maximum Gasteiger partial charge on any atom is 0.261 e. The van der Waals surface area contributed by atoms with E-state index in [1.54, 1.807) is 20.9 Å². The number of nitrogens with zero attached hydrogens (tertiary/aromatic N) is 4. The number of rotatable bonds is 8. The summed E-state index contributed by atoms with van der Waals surface area (Å²) in [6, 6.07) is 34.6. The molecule has 0 fully saturated rings. The molecular formula is C32H26N4O2S. The van der Waals surface area contributed by atoms with Crippen LogP contribution in [0.2, 0.25) is 0 Å². The second-order valence-corrected chi connectivity index (χ2v) is 10.4. The van der Waals surface area contributed by atoms with Gasteiger partial charge in [-0.05, 0) is 24.3 Å². The summed E-state index contributed by atoms with van der Waals surface area (Å²) in [5, 5.41) is 1.23. The highest BCUT2D eigenvalue weighted by atomic mass is 32.2. The van der Waals surface area contributed by atoms with Crippen molar-refractivity contribution in [3.05, 3.63) is 130 Å². The summed E-state index contributed by atoms with van der Waals surface area (Å²) in [6.07, 6.45) is 0. The number of para-hydroxylation sites is 2. The monoisotopic (exact) mass is 530 g/mol. The maximum absolute atomic E-state index is 13.4. The number of hydrogen-bond acceptors (Lipinski definition) is 5. The van der Waals surface area contributed by atoms with Crippen molar-refractivity contribution in [1.29, 1.82) is 0 Å². The van der Waals surface area contributed by atoms with Crippen molar-refractivity contribution in [2.75, 3.05) is 11.5 Å². The first-order chi connectivity index (χ1) is 19.2. The zero-order valence-electron chi connectivity index (χ0n) is 21.2. The van der Waals surface area contributed by atoms with E-state index in [0.29, 0.717) is 58.0 Å². The predicted molar refractivity (Wildman–Crippen MR) is 160 cm³/mol. The second-order valence-electron chi connectivity index (χ2n) is 9.16. The molecule has 39 heavy (non-hydrogen) atoms. The van der Waals surface area contributed by atoms with Crippen molar-refractivity contribution in [3.63, 3.8) is 0 Å². The zero-order valence-corrected chi connectivity index (χ0v) is 22.1. The van der Waals surface area contributed by atoms with E-state index < -0.39 is 0 Å². The minimum absolute atomic E-state index is 0.0404. The Labute approximate surface area is 229 Å². The minimum atomic E-state index is -0.0404. The van der Waals surface area contributed by atoms with Gasteiger partial charge in [-0.2, -0.15) is 11.8 Å². The fourth-order valence-electron chi connectivity index (χ4n) is 4.78. The summed E-state index contributed by atoms with van der Waals surface area (Å²) in [7, 11) is 0. The number of fused-ring (bicyclic) bond motifs is 2. The van der Waals surface area contributed by atoms with Crippen molar-refractivity contribution in [3.8, 4) is 22.8 Å². The minimum Gasteiger partial charge on any atom is -0.291 e. The van der Waals surface area contributed by atoms with Crippen LogP contribution in [0.4, 0.5) is 0 Å². The van der Waals surface area contributed by atoms with Gasteiger partial charge >= 0.3 is 0 Å². The molecule has 0 amide bonds. The molecule has 4 aromatic carbocycles. The summed E-state index contributed by atoms with van der Waals surface area (Å²) < 4.78 is 3.54. The lowest BCUT2D eigenvalue weighted by atomic mass is 10.2. The van der Waals surface area contributed by atoms with Gasteiger partial charge in [0.05, 0.1) is 21.8 Å². The molecular weight excluding hydrogens is 504 g/mol. The molecule has 0 spiro atoms. The molecule has 0 unspecified atom stereocenters. The molecule has 0 bridgehead atoms. The normalized spacial score (nSPS) is 11.3. The van der Waals surface area contributed by atoms with E-state index in [1.807, 2.05) is 109 Å². The van der Waals surface area contributed by atoms with Crippen molar-refractivity contribution in [1.82, 2.24) is 19.1 Å². The molecule has 2 heterocycles. The van der Waals surface area contributed by atoms with Crippen molar-refractivity contribution in [2.45, 2.75) is 13.1 Å². The molecule has 6 rings (SSSR count). The molecule has 6 aromatic rings. The van der Waals surface area contributed by atoms with Crippen molar-refractivity contribution >= 4 is 33.6 Å².